The van der Waals surface area contributed by atoms with Crippen molar-refractivity contribution in [3.05, 3.63) is 59.2 Å². The first kappa shape index (κ1) is 20.9. The Bertz CT molecular complexity index is 879. The highest BCUT2D eigenvalue weighted by atomic mass is 16.2. The smallest absolute Gasteiger partial charge is 0.255 e. The standard InChI is InChI=1S/C23H30N4O2/c1-23(2,3)16-8-6-15(7-9-16)22(29)27-17-10-11-19(21(24)28)20(13-17)26-18-5-4-12-25-14-18/h6-11,13,18,25-26H,4-5,12,14H2,1-3H3,(H2,24,28)(H,27,29). The Kier molecular flexibility index (Phi) is 6.23. The van der Waals surface area contributed by atoms with E-state index in [4.69, 9.17) is 5.73 Å². The van der Waals surface area contributed by atoms with Gasteiger partial charge in [0, 0.05) is 29.5 Å². The predicted octanol–water partition coefficient (Wildman–Crippen LogP) is 3.50. The van der Waals surface area contributed by atoms with Gasteiger partial charge in [-0.15, -0.1) is 0 Å². The average molecular weight is 395 g/mol. The molecule has 6 heteroatoms. The van der Waals surface area contributed by atoms with Crippen LogP contribution in [0.3, 0.4) is 0 Å². The molecule has 0 bridgehead atoms. The van der Waals surface area contributed by atoms with Gasteiger partial charge in [0.05, 0.1) is 5.56 Å². The molecule has 1 aliphatic rings. The second-order valence-corrected chi connectivity index (χ2v) is 8.59. The molecule has 154 valence electrons. The first-order valence-electron chi connectivity index (χ1n) is 10.1. The second kappa shape index (κ2) is 8.66. The third-order valence-electron chi connectivity index (χ3n) is 5.21. The number of primary amides is 1. The maximum atomic E-state index is 12.7. The molecule has 1 atom stereocenters. The third-order valence-corrected chi connectivity index (χ3v) is 5.21. The molecule has 1 saturated heterocycles. The minimum absolute atomic E-state index is 0.0359. The van der Waals surface area contributed by atoms with Gasteiger partial charge >= 0.3 is 0 Å². The van der Waals surface area contributed by atoms with Crippen molar-refractivity contribution < 1.29 is 9.59 Å². The van der Waals surface area contributed by atoms with Crippen LogP contribution in [-0.4, -0.2) is 30.9 Å². The Morgan fingerprint density at radius 1 is 1.10 bits per heavy atom. The Labute approximate surface area is 172 Å². The quantitative estimate of drug-likeness (QED) is 0.624. The third kappa shape index (κ3) is 5.35. The number of amides is 2. The summed E-state index contributed by atoms with van der Waals surface area (Å²) in [4.78, 5) is 24.5. The number of rotatable bonds is 5. The second-order valence-electron chi connectivity index (χ2n) is 8.59. The lowest BCUT2D eigenvalue weighted by Crippen LogP contribution is -2.38. The van der Waals surface area contributed by atoms with Gasteiger partial charge in [0.1, 0.15) is 0 Å². The Hall–Kier alpha value is -2.86. The number of hydrogen-bond acceptors (Lipinski definition) is 4. The van der Waals surface area contributed by atoms with E-state index in [1.807, 2.05) is 24.3 Å². The van der Waals surface area contributed by atoms with E-state index in [9.17, 15) is 9.59 Å². The summed E-state index contributed by atoms with van der Waals surface area (Å²) in [6.07, 6.45) is 2.09. The van der Waals surface area contributed by atoms with Crippen LogP contribution in [-0.2, 0) is 5.41 Å². The number of carbonyl (C=O) groups excluding carboxylic acids is 2. The zero-order valence-corrected chi connectivity index (χ0v) is 17.3. The van der Waals surface area contributed by atoms with Crippen LogP contribution in [0, 0.1) is 0 Å². The Morgan fingerprint density at radius 2 is 1.83 bits per heavy atom. The average Bonchev–Trinajstić information content (AvgIpc) is 2.68. The van der Waals surface area contributed by atoms with Gasteiger partial charge in [-0.3, -0.25) is 9.59 Å². The molecule has 2 aromatic carbocycles. The maximum absolute atomic E-state index is 12.7. The molecule has 2 amide bonds. The van der Waals surface area contributed by atoms with Crippen molar-refractivity contribution in [2.75, 3.05) is 23.7 Å². The van der Waals surface area contributed by atoms with Crippen molar-refractivity contribution in [2.45, 2.75) is 45.1 Å². The van der Waals surface area contributed by atoms with Crippen LogP contribution in [0.2, 0.25) is 0 Å². The van der Waals surface area contributed by atoms with E-state index in [0.29, 0.717) is 22.5 Å². The van der Waals surface area contributed by atoms with Crippen molar-refractivity contribution in [3.8, 4) is 0 Å². The van der Waals surface area contributed by atoms with Crippen LogP contribution >= 0.6 is 0 Å². The molecular formula is C23H30N4O2. The summed E-state index contributed by atoms with van der Waals surface area (Å²) in [6.45, 7) is 8.25. The fourth-order valence-electron chi connectivity index (χ4n) is 3.48. The van der Waals surface area contributed by atoms with Gasteiger partial charge in [-0.1, -0.05) is 32.9 Å². The zero-order valence-electron chi connectivity index (χ0n) is 17.3. The van der Waals surface area contributed by atoms with Gasteiger partial charge < -0.3 is 21.7 Å². The monoisotopic (exact) mass is 394 g/mol. The number of hydrogen-bond donors (Lipinski definition) is 4. The summed E-state index contributed by atoms with van der Waals surface area (Å²) in [5.74, 6) is -0.686. The minimum atomic E-state index is -0.494. The molecule has 3 rings (SSSR count). The SMILES string of the molecule is CC(C)(C)c1ccc(C(=O)Nc2ccc(C(N)=O)c(NC3CCCNC3)c2)cc1. The topological polar surface area (TPSA) is 96.2 Å². The van der Waals surface area contributed by atoms with E-state index in [-0.39, 0.29) is 17.4 Å². The molecule has 5 N–H and O–H groups in total. The van der Waals surface area contributed by atoms with E-state index in [0.717, 1.165) is 25.9 Å². The van der Waals surface area contributed by atoms with E-state index in [2.05, 4.69) is 36.7 Å². The zero-order chi connectivity index (χ0) is 21.0. The van der Waals surface area contributed by atoms with Crippen molar-refractivity contribution in [2.24, 2.45) is 5.73 Å². The molecule has 0 aliphatic carbocycles. The lowest BCUT2D eigenvalue weighted by Gasteiger charge is -2.26. The summed E-state index contributed by atoms with van der Waals surface area (Å²) >= 11 is 0. The van der Waals surface area contributed by atoms with Crippen LogP contribution in [0.5, 0.6) is 0 Å². The fourth-order valence-corrected chi connectivity index (χ4v) is 3.48. The molecule has 2 aromatic rings. The van der Waals surface area contributed by atoms with Crippen LogP contribution < -0.4 is 21.7 Å². The highest BCUT2D eigenvalue weighted by Gasteiger charge is 2.18. The van der Waals surface area contributed by atoms with Gasteiger partial charge in [0.25, 0.3) is 11.8 Å². The van der Waals surface area contributed by atoms with E-state index >= 15 is 0 Å². The van der Waals surface area contributed by atoms with Gasteiger partial charge in [0.15, 0.2) is 0 Å². The number of piperidine rings is 1. The lowest BCUT2D eigenvalue weighted by molar-refractivity contribution is 0.0999. The minimum Gasteiger partial charge on any atom is -0.380 e. The highest BCUT2D eigenvalue weighted by molar-refractivity contribution is 6.05. The lowest BCUT2D eigenvalue weighted by atomic mass is 9.87. The fraction of sp³-hybridized carbons (Fsp3) is 0.391. The molecule has 0 saturated carbocycles. The highest BCUT2D eigenvalue weighted by Crippen LogP contribution is 2.25. The molecule has 6 nitrogen and oxygen atoms in total. The van der Waals surface area contributed by atoms with Crippen molar-refractivity contribution in [1.29, 1.82) is 0 Å². The summed E-state index contributed by atoms with van der Waals surface area (Å²) < 4.78 is 0. The predicted molar refractivity (Wildman–Crippen MR) is 118 cm³/mol. The normalized spacial score (nSPS) is 16.9. The number of benzene rings is 2. The van der Waals surface area contributed by atoms with Crippen LogP contribution in [0.25, 0.3) is 0 Å². The molecule has 0 radical (unpaired) electrons. The van der Waals surface area contributed by atoms with Crippen LogP contribution in [0.1, 0.15) is 59.9 Å². The van der Waals surface area contributed by atoms with Gasteiger partial charge in [-0.05, 0) is 60.7 Å². The molecule has 29 heavy (non-hydrogen) atoms. The summed E-state index contributed by atoms with van der Waals surface area (Å²) in [5.41, 5.74) is 9.01. The molecule has 1 unspecified atom stereocenters. The van der Waals surface area contributed by atoms with Gasteiger partial charge in [0.2, 0.25) is 0 Å². The number of nitrogens with one attached hydrogen (secondary N) is 3. The van der Waals surface area contributed by atoms with E-state index in [1.165, 1.54) is 5.56 Å². The molecule has 1 fully saturated rings. The van der Waals surface area contributed by atoms with Crippen molar-refractivity contribution in [1.82, 2.24) is 5.32 Å². The van der Waals surface area contributed by atoms with E-state index < -0.39 is 5.91 Å². The maximum Gasteiger partial charge on any atom is 0.255 e. The number of carbonyl (C=O) groups is 2. The molecule has 1 aliphatic heterocycles. The summed E-state index contributed by atoms with van der Waals surface area (Å²) in [7, 11) is 0. The van der Waals surface area contributed by atoms with Crippen LogP contribution in [0.15, 0.2) is 42.5 Å². The summed E-state index contributed by atoms with van der Waals surface area (Å²) in [5, 5.41) is 9.65. The molecular weight excluding hydrogens is 364 g/mol. The van der Waals surface area contributed by atoms with Crippen molar-refractivity contribution in [3.63, 3.8) is 0 Å². The molecule has 0 spiro atoms. The molecule has 1 heterocycles. The number of anilines is 2. The molecule has 0 aromatic heterocycles. The van der Waals surface area contributed by atoms with Gasteiger partial charge in [-0.25, -0.2) is 0 Å². The first-order valence-corrected chi connectivity index (χ1v) is 10.1. The van der Waals surface area contributed by atoms with Gasteiger partial charge in [-0.2, -0.15) is 0 Å². The Balaban J connectivity index is 1.76. The number of nitrogens with two attached hydrogens (primary N) is 1. The van der Waals surface area contributed by atoms with Crippen LogP contribution in [0.4, 0.5) is 11.4 Å². The summed E-state index contributed by atoms with van der Waals surface area (Å²) in [6, 6.07) is 13.0. The van der Waals surface area contributed by atoms with Crippen molar-refractivity contribution >= 4 is 23.2 Å². The first-order chi connectivity index (χ1) is 13.7. The van der Waals surface area contributed by atoms with E-state index in [1.54, 1.807) is 18.2 Å². The Morgan fingerprint density at radius 3 is 2.41 bits per heavy atom. The largest absolute Gasteiger partial charge is 0.380 e.